The van der Waals surface area contributed by atoms with Gasteiger partial charge in [0.15, 0.2) is 0 Å². The van der Waals surface area contributed by atoms with Gasteiger partial charge in [0.05, 0.1) is 14.7 Å². The van der Waals surface area contributed by atoms with E-state index in [2.05, 4.69) is 44.3 Å². The van der Waals surface area contributed by atoms with Crippen molar-refractivity contribution in [3.05, 3.63) is 55.2 Å². The summed E-state index contributed by atoms with van der Waals surface area (Å²) >= 11 is 13.9. The summed E-state index contributed by atoms with van der Waals surface area (Å²) in [5.74, 6) is 0. The quantitative estimate of drug-likeness (QED) is 0.736. The Balaban J connectivity index is 2.44. The van der Waals surface area contributed by atoms with E-state index in [1.54, 1.807) is 0 Å². The summed E-state index contributed by atoms with van der Waals surface area (Å²) in [5, 5.41) is 3.58. The van der Waals surface area contributed by atoms with Crippen LogP contribution in [0.3, 0.4) is 0 Å². The van der Waals surface area contributed by atoms with Gasteiger partial charge in [-0.1, -0.05) is 53.9 Å². The summed E-state index contributed by atoms with van der Waals surface area (Å²) in [6.07, 6.45) is 1.08. The molecular formula is C16H19Cl2NS. The molecule has 0 aliphatic heterocycles. The molecule has 0 radical (unpaired) electrons. The number of rotatable bonds is 5. The third-order valence-electron chi connectivity index (χ3n) is 3.33. The lowest BCUT2D eigenvalue weighted by molar-refractivity contribution is 0.597. The number of halogens is 2. The van der Waals surface area contributed by atoms with Crippen LogP contribution in [0.4, 0.5) is 0 Å². The van der Waals surface area contributed by atoms with E-state index in [1.165, 1.54) is 28.0 Å². The smallest absolute Gasteiger partial charge is 0.0995 e. The highest BCUT2D eigenvalue weighted by atomic mass is 35.5. The molecule has 0 spiro atoms. The van der Waals surface area contributed by atoms with Crippen molar-refractivity contribution < 1.29 is 0 Å². The van der Waals surface area contributed by atoms with Gasteiger partial charge in [-0.05, 0) is 44.0 Å². The topological polar surface area (TPSA) is 12.0 Å². The van der Waals surface area contributed by atoms with Gasteiger partial charge < -0.3 is 5.32 Å². The van der Waals surface area contributed by atoms with Crippen molar-refractivity contribution in [3.63, 3.8) is 0 Å². The van der Waals surface area contributed by atoms with Crippen LogP contribution in [-0.2, 0) is 0 Å². The van der Waals surface area contributed by atoms with E-state index in [4.69, 9.17) is 23.2 Å². The van der Waals surface area contributed by atoms with Gasteiger partial charge in [-0.2, -0.15) is 0 Å². The minimum Gasteiger partial charge on any atom is -0.306 e. The second-order valence-electron chi connectivity index (χ2n) is 5.03. The molecule has 0 saturated heterocycles. The first-order valence-corrected chi connectivity index (χ1v) is 8.35. The Morgan fingerprint density at radius 1 is 1.15 bits per heavy atom. The lowest BCUT2D eigenvalue weighted by Gasteiger charge is -2.21. The average Bonchev–Trinajstić information content (AvgIpc) is 2.71. The zero-order chi connectivity index (χ0) is 14.7. The Morgan fingerprint density at radius 2 is 1.90 bits per heavy atom. The molecule has 4 heteroatoms. The molecule has 0 saturated carbocycles. The van der Waals surface area contributed by atoms with Crippen molar-refractivity contribution in [2.24, 2.45) is 0 Å². The third kappa shape index (κ3) is 3.56. The predicted octanol–water partition coefficient (Wildman–Crippen LogP) is 5.76. The highest BCUT2D eigenvalue weighted by molar-refractivity contribution is 7.20. The van der Waals surface area contributed by atoms with Crippen molar-refractivity contribution >= 4 is 34.5 Å². The van der Waals surface area contributed by atoms with Gasteiger partial charge in [-0.15, -0.1) is 11.3 Å². The molecule has 20 heavy (non-hydrogen) atoms. The van der Waals surface area contributed by atoms with Crippen molar-refractivity contribution in [1.29, 1.82) is 0 Å². The lowest BCUT2D eigenvalue weighted by atomic mass is 9.95. The van der Waals surface area contributed by atoms with E-state index >= 15 is 0 Å². The second-order valence-corrected chi connectivity index (χ2v) is 7.31. The number of thiophene rings is 1. The normalized spacial score (nSPS) is 12.7. The van der Waals surface area contributed by atoms with Gasteiger partial charge >= 0.3 is 0 Å². The van der Waals surface area contributed by atoms with Crippen molar-refractivity contribution in [2.45, 2.75) is 33.2 Å². The zero-order valence-corrected chi connectivity index (χ0v) is 14.3. The number of aryl methyl sites for hydroxylation is 2. The third-order valence-corrected chi connectivity index (χ3v) is 4.85. The van der Waals surface area contributed by atoms with Crippen molar-refractivity contribution in [3.8, 4) is 0 Å². The molecule has 0 fully saturated rings. The molecule has 1 aromatic heterocycles. The van der Waals surface area contributed by atoms with Crippen LogP contribution in [0.5, 0.6) is 0 Å². The minimum atomic E-state index is 0.104. The molecule has 0 amide bonds. The summed E-state index contributed by atoms with van der Waals surface area (Å²) in [6.45, 7) is 7.36. The van der Waals surface area contributed by atoms with Gasteiger partial charge in [-0.25, -0.2) is 0 Å². The molecule has 1 N–H and O–H groups in total. The molecule has 1 heterocycles. The SMILES string of the molecule is CCCNC(c1ccc(C)cc1C)c1cc(Cl)sc1Cl. The zero-order valence-electron chi connectivity index (χ0n) is 12.0. The molecule has 1 nitrogen and oxygen atoms in total. The van der Waals surface area contributed by atoms with E-state index < -0.39 is 0 Å². The molecule has 108 valence electrons. The molecule has 1 unspecified atom stereocenters. The number of hydrogen-bond acceptors (Lipinski definition) is 2. The first-order valence-electron chi connectivity index (χ1n) is 6.78. The van der Waals surface area contributed by atoms with Crippen LogP contribution < -0.4 is 5.32 Å². The van der Waals surface area contributed by atoms with E-state index in [9.17, 15) is 0 Å². The molecular weight excluding hydrogens is 309 g/mol. The number of nitrogens with one attached hydrogen (secondary N) is 1. The van der Waals surface area contributed by atoms with Crippen LogP contribution in [0.15, 0.2) is 24.3 Å². The standard InChI is InChI=1S/C16H19Cl2NS/c1-4-7-19-15(13-9-14(17)20-16(13)18)12-6-5-10(2)8-11(12)3/h5-6,8-9,15,19H,4,7H2,1-3H3. The highest BCUT2D eigenvalue weighted by Crippen LogP contribution is 2.38. The van der Waals surface area contributed by atoms with Crippen LogP contribution >= 0.6 is 34.5 Å². The Hall–Kier alpha value is -0.540. The van der Waals surface area contributed by atoms with Gasteiger partial charge in [0.1, 0.15) is 0 Å². The number of hydrogen-bond donors (Lipinski definition) is 1. The first-order chi connectivity index (χ1) is 9.52. The lowest BCUT2D eigenvalue weighted by Crippen LogP contribution is -2.23. The van der Waals surface area contributed by atoms with Crippen molar-refractivity contribution in [2.75, 3.05) is 6.54 Å². The Bertz CT molecular complexity index is 592. The molecule has 0 bridgehead atoms. The van der Waals surface area contributed by atoms with E-state index in [-0.39, 0.29) is 6.04 Å². The summed E-state index contributed by atoms with van der Waals surface area (Å²) < 4.78 is 1.50. The fraction of sp³-hybridized carbons (Fsp3) is 0.375. The van der Waals surface area contributed by atoms with Gasteiger partial charge in [0.2, 0.25) is 0 Å². The van der Waals surface area contributed by atoms with Crippen molar-refractivity contribution in [1.82, 2.24) is 5.32 Å². The van der Waals surface area contributed by atoms with Gasteiger partial charge in [-0.3, -0.25) is 0 Å². The van der Waals surface area contributed by atoms with Crippen LogP contribution in [0.25, 0.3) is 0 Å². The monoisotopic (exact) mass is 327 g/mol. The maximum absolute atomic E-state index is 6.35. The van der Waals surface area contributed by atoms with Crippen LogP contribution in [0, 0.1) is 13.8 Å². The molecule has 0 aliphatic rings. The number of benzene rings is 1. The summed E-state index contributed by atoms with van der Waals surface area (Å²) in [6, 6.07) is 8.61. The van der Waals surface area contributed by atoms with Gasteiger partial charge in [0, 0.05) is 5.56 Å². The Morgan fingerprint density at radius 3 is 2.45 bits per heavy atom. The van der Waals surface area contributed by atoms with Crippen LogP contribution in [-0.4, -0.2) is 6.54 Å². The van der Waals surface area contributed by atoms with Gasteiger partial charge in [0.25, 0.3) is 0 Å². The van der Waals surface area contributed by atoms with E-state index in [0.29, 0.717) is 0 Å². The summed E-state index contributed by atoms with van der Waals surface area (Å²) in [5.41, 5.74) is 4.88. The summed E-state index contributed by atoms with van der Waals surface area (Å²) in [4.78, 5) is 0. The maximum atomic E-state index is 6.35. The Kier molecular flexibility index (Phi) is 5.50. The second kappa shape index (κ2) is 6.95. The molecule has 2 rings (SSSR count). The average molecular weight is 328 g/mol. The minimum absolute atomic E-state index is 0.104. The predicted molar refractivity (Wildman–Crippen MR) is 90.4 cm³/mol. The first kappa shape index (κ1) is 15.8. The summed E-state index contributed by atoms with van der Waals surface area (Å²) in [7, 11) is 0. The Labute approximate surface area is 134 Å². The fourth-order valence-electron chi connectivity index (χ4n) is 2.38. The largest absolute Gasteiger partial charge is 0.306 e. The van der Waals surface area contributed by atoms with E-state index in [1.807, 2.05) is 6.07 Å². The van der Waals surface area contributed by atoms with E-state index in [0.717, 1.165) is 27.2 Å². The maximum Gasteiger partial charge on any atom is 0.0995 e. The van der Waals surface area contributed by atoms with Crippen LogP contribution in [0.1, 0.15) is 41.6 Å². The highest BCUT2D eigenvalue weighted by Gasteiger charge is 2.20. The fourth-order valence-corrected chi connectivity index (χ4v) is 3.91. The molecule has 2 aromatic rings. The molecule has 1 aromatic carbocycles. The van der Waals surface area contributed by atoms with Crippen LogP contribution in [0.2, 0.25) is 8.67 Å². The molecule has 1 atom stereocenters. The molecule has 0 aliphatic carbocycles.